The maximum absolute atomic E-state index is 12.6. The van der Waals surface area contributed by atoms with Crippen LogP contribution in [0.1, 0.15) is 30.4 Å². The molecule has 0 unspecified atom stereocenters. The minimum Gasteiger partial charge on any atom is -0.481 e. The Morgan fingerprint density at radius 3 is 2.52 bits per heavy atom. The highest BCUT2D eigenvalue weighted by molar-refractivity contribution is 5.77. The van der Waals surface area contributed by atoms with E-state index in [0.717, 1.165) is 24.6 Å². The van der Waals surface area contributed by atoms with Gasteiger partial charge in [-0.15, -0.1) is 0 Å². The number of carboxylic acids is 1. The lowest BCUT2D eigenvalue weighted by molar-refractivity contribution is -0.153. The summed E-state index contributed by atoms with van der Waals surface area (Å²) < 4.78 is 37.7. The van der Waals surface area contributed by atoms with Gasteiger partial charge in [-0.25, -0.2) is 0 Å². The molecule has 1 aromatic rings. The van der Waals surface area contributed by atoms with Gasteiger partial charge < -0.3 is 10.4 Å². The molecule has 112 valence electrons. The highest BCUT2D eigenvalue weighted by atomic mass is 19.4. The predicted molar refractivity (Wildman–Crippen MR) is 68.6 cm³/mol. The van der Waals surface area contributed by atoms with Crippen molar-refractivity contribution in [3.8, 4) is 6.07 Å². The standard InChI is InChI=1S/C14H13F3N2O2/c15-14(16,17)10-2-3-11(9(6-10)7-18)19-8-13(12(20)21)4-1-5-13/h2-3,6,19H,1,4-5,8H2,(H,20,21). The Morgan fingerprint density at radius 1 is 1.43 bits per heavy atom. The van der Waals surface area contributed by atoms with E-state index in [1.165, 1.54) is 0 Å². The predicted octanol–water partition coefficient (Wildman–Crippen LogP) is 3.24. The zero-order valence-electron chi connectivity index (χ0n) is 11.0. The summed E-state index contributed by atoms with van der Waals surface area (Å²) in [5.74, 6) is -0.924. The Morgan fingerprint density at radius 2 is 2.10 bits per heavy atom. The number of aliphatic carboxylic acids is 1. The van der Waals surface area contributed by atoms with Gasteiger partial charge in [0.2, 0.25) is 0 Å². The number of halogens is 3. The normalized spacial score (nSPS) is 16.7. The van der Waals surface area contributed by atoms with Gasteiger partial charge in [-0.1, -0.05) is 6.42 Å². The van der Waals surface area contributed by atoms with Gasteiger partial charge in [0.15, 0.2) is 0 Å². The average Bonchev–Trinajstić information content (AvgIpc) is 2.35. The summed E-state index contributed by atoms with van der Waals surface area (Å²) in [5.41, 5.74) is -1.71. The first-order valence-corrected chi connectivity index (χ1v) is 6.37. The number of anilines is 1. The number of hydrogen-bond donors (Lipinski definition) is 2. The summed E-state index contributed by atoms with van der Waals surface area (Å²) in [6.45, 7) is 0.0996. The molecule has 1 saturated carbocycles. The molecule has 0 atom stereocenters. The van der Waals surface area contributed by atoms with Crippen LogP contribution in [0.4, 0.5) is 18.9 Å². The zero-order chi connectivity index (χ0) is 15.7. The first kappa shape index (κ1) is 15.2. The average molecular weight is 298 g/mol. The van der Waals surface area contributed by atoms with Crippen LogP contribution in [0, 0.1) is 16.7 Å². The smallest absolute Gasteiger partial charge is 0.416 e. The summed E-state index contributed by atoms with van der Waals surface area (Å²) in [6, 6.07) is 4.49. The van der Waals surface area contributed by atoms with Crippen molar-refractivity contribution in [2.24, 2.45) is 5.41 Å². The molecule has 2 rings (SSSR count). The Labute approximate surface area is 119 Å². The van der Waals surface area contributed by atoms with Crippen LogP contribution < -0.4 is 5.32 Å². The fourth-order valence-electron chi connectivity index (χ4n) is 2.30. The molecule has 2 N–H and O–H groups in total. The summed E-state index contributed by atoms with van der Waals surface area (Å²) in [6.07, 6.45) is -2.65. The second-order valence-corrected chi connectivity index (χ2v) is 5.16. The van der Waals surface area contributed by atoms with Gasteiger partial charge in [0.25, 0.3) is 0 Å². The first-order valence-electron chi connectivity index (χ1n) is 6.37. The summed E-state index contributed by atoms with van der Waals surface area (Å²) >= 11 is 0. The Balaban J connectivity index is 2.18. The third-order valence-corrected chi connectivity index (χ3v) is 3.85. The first-order chi connectivity index (χ1) is 9.78. The van der Waals surface area contributed by atoms with Gasteiger partial charge in [-0.05, 0) is 31.0 Å². The lowest BCUT2D eigenvalue weighted by Gasteiger charge is -2.38. The number of rotatable bonds is 4. The molecule has 0 amide bonds. The third-order valence-electron chi connectivity index (χ3n) is 3.85. The highest BCUT2D eigenvalue weighted by Gasteiger charge is 2.44. The van der Waals surface area contributed by atoms with Gasteiger partial charge in [0, 0.05) is 6.54 Å². The largest absolute Gasteiger partial charge is 0.481 e. The second-order valence-electron chi connectivity index (χ2n) is 5.16. The summed E-state index contributed by atoms with van der Waals surface area (Å²) in [7, 11) is 0. The van der Waals surface area contributed by atoms with Crippen LogP contribution in [-0.2, 0) is 11.0 Å². The number of carboxylic acid groups (broad SMARTS) is 1. The van der Waals surface area contributed by atoms with Crippen LogP contribution in [0.2, 0.25) is 0 Å². The molecule has 7 heteroatoms. The third kappa shape index (κ3) is 2.94. The number of benzene rings is 1. The molecule has 0 heterocycles. The molecule has 1 fully saturated rings. The molecule has 0 radical (unpaired) electrons. The van der Waals surface area contributed by atoms with Crippen molar-refractivity contribution in [2.45, 2.75) is 25.4 Å². The van der Waals surface area contributed by atoms with Crippen molar-refractivity contribution < 1.29 is 23.1 Å². The van der Waals surface area contributed by atoms with Crippen LogP contribution in [0.25, 0.3) is 0 Å². The summed E-state index contributed by atoms with van der Waals surface area (Å²) in [5, 5.41) is 20.9. The van der Waals surface area contributed by atoms with Crippen LogP contribution in [0.15, 0.2) is 18.2 Å². The van der Waals surface area contributed by atoms with Crippen molar-refractivity contribution >= 4 is 11.7 Å². The minimum absolute atomic E-state index is 0.0996. The maximum atomic E-state index is 12.6. The molecule has 1 aliphatic rings. The van der Waals surface area contributed by atoms with Gasteiger partial charge in [-0.2, -0.15) is 18.4 Å². The number of nitrogens with one attached hydrogen (secondary N) is 1. The van der Waals surface area contributed by atoms with Crippen LogP contribution in [0.3, 0.4) is 0 Å². The Kier molecular flexibility index (Phi) is 3.81. The van der Waals surface area contributed by atoms with Crippen LogP contribution in [0.5, 0.6) is 0 Å². The number of nitrogens with zero attached hydrogens (tertiary/aromatic N) is 1. The van der Waals surface area contributed by atoms with E-state index in [1.807, 2.05) is 0 Å². The zero-order valence-corrected chi connectivity index (χ0v) is 11.0. The summed E-state index contributed by atoms with van der Waals surface area (Å²) in [4.78, 5) is 11.2. The van der Waals surface area contributed by atoms with Crippen molar-refractivity contribution in [3.63, 3.8) is 0 Å². The lowest BCUT2D eigenvalue weighted by atomic mass is 9.69. The molecule has 4 nitrogen and oxygen atoms in total. The van der Waals surface area contributed by atoms with E-state index in [-0.39, 0.29) is 17.8 Å². The van der Waals surface area contributed by atoms with Crippen LogP contribution in [-0.4, -0.2) is 17.6 Å². The topological polar surface area (TPSA) is 73.1 Å². The molecular formula is C14H13F3N2O2. The SMILES string of the molecule is N#Cc1cc(C(F)(F)F)ccc1NCC1(C(=O)O)CCC1. The van der Waals surface area contributed by atoms with Crippen molar-refractivity contribution in [1.82, 2.24) is 0 Å². The van der Waals surface area contributed by atoms with E-state index >= 15 is 0 Å². The van der Waals surface area contributed by atoms with Crippen molar-refractivity contribution in [3.05, 3.63) is 29.3 Å². The number of hydrogen-bond acceptors (Lipinski definition) is 3. The number of carbonyl (C=O) groups is 1. The molecule has 21 heavy (non-hydrogen) atoms. The Hall–Kier alpha value is -2.23. The van der Waals surface area contributed by atoms with E-state index in [9.17, 15) is 23.1 Å². The van der Waals surface area contributed by atoms with E-state index in [0.29, 0.717) is 12.8 Å². The van der Waals surface area contributed by atoms with E-state index in [4.69, 9.17) is 5.26 Å². The molecule has 0 saturated heterocycles. The van der Waals surface area contributed by atoms with Crippen molar-refractivity contribution in [2.75, 3.05) is 11.9 Å². The number of nitriles is 1. The molecule has 1 aliphatic carbocycles. The van der Waals surface area contributed by atoms with Crippen molar-refractivity contribution in [1.29, 1.82) is 5.26 Å². The van der Waals surface area contributed by atoms with E-state index in [1.54, 1.807) is 6.07 Å². The molecule has 1 aromatic carbocycles. The van der Waals surface area contributed by atoms with Gasteiger partial charge in [0.1, 0.15) is 6.07 Å². The molecule has 0 aliphatic heterocycles. The fraction of sp³-hybridized carbons (Fsp3) is 0.429. The van der Waals surface area contributed by atoms with Gasteiger partial charge in [-0.3, -0.25) is 4.79 Å². The monoisotopic (exact) mass is 298 g/mol. The molecular weight excluding hydrogens is 285 g/mol. The highest BCUT2D eigenvalue weighted by Crippen LogP contribution is 2.41. The molecule has 0 aromatic heterocycles. The quantitative estimate of drug-likeness (QED) is 0.895. The lowest BCUT2D eigenvalue weighted by Crippen LogP contribution is -2.43. The second kappa shape index (κ2) is 5.28. The minimum atomic E-state index is -4.51. The van der Waals surface area contributed by atoms with Gasteiger partial charge in [0.05, 0.1) is 22.2 Å². The Bertz CT molecular complexity index is 601. The van der Waals surface area contributed by atoms with E-state index < -0.39 is 23.1 Å². The van der Waals surface area contributed by atoms with Gasteiger partial charge >= 0.3 is 12.1 Å². The maximum Gasteiger partial charge on any atom is 0.416 e. The molecule has 0 bridgehead atoms. The van der Waals surface area contributed by atoms with Crippen LogP contribution >= 0.6 is 0 Å². The fourth-order valence-corrected chi connectivity index (χ4v) is 2.30. The number of alkyl halides is 3. The van der Waals surface area contributed by atoms with E-state index in [2.05, 4.69) is 5.32 Å². The molecule has 0 spiro atoms.